The van der Waals surface area contributed by atoms with Crippen molar-refractivity contribution in [2.45, 2.75) is 73.3 Å². The second kappa shape index (κ2) is 15.3. The molecule has 1 rings (SSSR count). The fraction of sp³-hybridized carbons (Fsp3) is 0.643. The van der Waals surface area contributed by atoms with Crippen LogP contribution in [0.25, 0.3) is 0 Å². The van der Waals surface area contributed by atoms with Gasteiger partial charge in [-0.25, -0.2) is 14.4 Å². The van der Waals surface area contributed by atoms with Crippen molar-refractivity contribution in [1.82, 2.24) is 0 Å². The number of methoxy groups -OCH3 is 1. The van der Waals surface area contributed by atoms with Crippen molar-refractivity contribution in [3.63, 3.8) is 0 Å². The SMILES string of the molecule is CCCOC(=O)OCC[C@@](N)(Cc1ccc(OC(=O)OCC(C)(C)C)c(OC(=O)OCC(C)(C)C)c1)C(=O)OC. The molecule has 0 aliphatic heterocycles. The van der Waals surface area contributed by atoms with E-state index in [1.807, 2.05) is 48.5 Å². The van der Waals surface area contributed by atoms with Crippen molar-refractivity contribution in [3.8, 4) is 11.5 Å². The Hall–Kier alpha value is -3.54. The first kappa shape index (κ1) is 34.5. The van der Waals surface area contributed by atoms with Crippen molar-refractivity contribution in [2.75, 3.05) is 33.5 Å². The van der Waals surface area contributed by atoms with Gasteiger partial charge in [-0.05, 0) is 34.9 Å². The summed E-state index contributed by atoms with van der Waals surface area (Å²) >= 11 is 0. The van der Waals surface area contributed by atoms with Gasteiger partial charge in [-0.2, -0.15) is 0 Å². The molecule has 0 spiro atoms. The van der Waals surface area contributed by atoms with Gasteiger partial charge in [0.25, 0.3) is 0 Å². The molecular weight excluding hydrogens is 526 g/mol. The van der Waals surface area contributed by atoms with Crippen LogP contribution in [0.4, 0.5) is 14.4 Å². The van der Waals surface area contributed by atoms with E-state index in [0.717, 1.165) is 0 Å². The lowest BCUT2D eigenvalue weighted by Gasteiger charge is -2.26. The Balaban J connectivity index is 3.17. The van der Waals surface area contributed by atoms with Crippen molar-refractivity contribution in [2.24, 2.45) is 16.6 Å². The van der Waals surface area contributed by atoms with E-state index >= 15 is 0 Å². The Morgan fingerprint density at radius 1 is 0.750 bits per heavy atom. The molecule has 0 aliphatic carbocycles. The molecule has 0 aromatic heterocycles. The third-order valence-corrected chi connectivity index (χ3v) is 4.94. The van der Waals surface area contributed by atoms with Crippen molar-refractivity contribution >= 4 is 24.4 Å². The lowest BCUT2D eigenvalue weighted by molar-refractivity contribution is -0.147. The van der Waals surface area contributed by atoms with E-state index in [1.165, 1.54) is 25.3 Å². The molecular formula is C28H43NO11. The molecule has 0 amide bonds. The van der Waals surface area contributed by atoms with Gasteiger partial charge in [0.2, 0.25) is 0 Å². The molecule has 0 saturated heterocycles. The number of carbonyl (C=O) groups is 4. The first-order valence-electron chi connectivity index (χ1n) is 13.0. The largest absolute Gasteiger partial charge is 0.513 e. The summed E-state index contributed by atoms with van der Waals surface area (Å²) in [7, 11) is 1.18. The van der Waals surface area contributed by atoms with E-state index in [0.29, 0.717) is 12.0 Å². The third kappa shape index (κ3) is 13.5. The van der Waals surface area contributed by atoms with Gasteiger partial charge in [-0.3, -0.25) is 4.79 Å². The smallest absolute Gasteiger partial charge is 0.468 e. The molecule has 0 heterocycles. The first-order chi connectivity index (χ1) is 18.5. The molecule has 12 heteroatoms. The van der Waals surface area contributed by atoms with Crippen LogP contribution < -0.4 is 15.2 Å². The van der Waals surface area contributed by atoms with Crippen LogP contribution in [0.15, 0.2) is 18.2 Å². The van der Waals surface area contributed by atoms with Gasteiger partial charge < -0.3 is 38.9 Å². The molecule has 0 radical (unpaired) electrons. The predicted octanol–water partition coefficient (Wildman–Crippen LogP) is 5.18. The van der Waals surface area contributed by atoms with Crippen LogP contribution >= 0.6 is 0 Å². The number of hydrogen-bond donors (Lipinski definition) is 1. The summed E-state index contributed by atoms with van der Waals surface area (Å²) in [6.07, 6.45) is -2.47. The molecule has 40 heavy (non-hydrogen) atoms. The van der Waals surface area contributed by atoms with Gasteiger partial charge in [0, 0.05) is 12.8 Å². The average Bonchev–Trinajstić information content (AvgIpc) is 2.85. The highest BCUT2D eigenvalue weighted by Crippen LogP contribution is 2.31. The lowest BCUT2D eigenvalue weighted by atomic mass is 9.88. The zero-order valence-electron chi connectivity index (χ0n) is 24.7. The first-order valence-corrected chi connectivity index (χ1v) is 13.0. The summed E-state index contributed by atoms with van der Waals surface area (Å²) < 4.78 is 35.7. The number of carbonyl (C=O) groups excluding carboxylic acids is 4. The van der Waals surface area contributed by atoms with Gasteiger partial charge in [0.1, 0.15) is 5.54 Å². The topological polar surface area (TPSA) is 159 Å². The van der Waals surface area contributed by atoms with Gasteiger partial charge in [0.05, 0.1) is 33.5 Å². The second-order valence-corrected chi connectivity index (χ2v) is 11.7. The predicted molar refractivity (Wildman–Crippen MR) is 144 cm³/mol. The minimum Gasteiger partial charge on any atom is -0.468 e. The van der Waals surface area contributed by atoms with E-state index < -0.39 is 30.0 Å². The van der Waals surface area contributed by atoms with Crippen LogP contribution in [-0.4, -0.2) is 63.5 Å². The molecule has 1 atom stereocenters. The number of esters is 1. The van der Waals surface area contributed by atoms with Gasteiger partial charge in [-0.15, -0.1) is 0 Å². The highest BCUT2D eigenvalue weighted by Gasteiger charge is 2.36. The maximum atomic E-state index is 12.6. The molecule has 0 fully saturated rings. The summed E-state index contributed by atoms with van der Waals surface area (Å²) in [5.74, 6) is -1.02. The minimum absolute atomic E-state index is 0.0737. The van der Waals surface area contributed by atoms with E-state index in [2.05, 4.69) is 0 Å². The monoisotopic (exact) mass is 569 g/mol. The number of rotatable bonds is 12. The van der Waals surface area contributed by atoms with Crippen LogP contribution in [0.3, 0.4) is 0 Å². The number of nitrogens with two attached hydrogens (primary N) is 1. The van der Waals surface area contributed by atoms with E-state index in [9.17, 15) is 19.2 Å². The molecule has 226 valence electrons. The van der Waals surface area contributed by atoms with Crippen molar-refractivity contribution < 1.29 is 52.3 Å². The fourth-order valence-electron chi connectivity index (χ4n) is 2.99. The maximum Gasteiger partial charge on any atom is 0.513 e. The van der Waals surface area contributed by atoms with Gasteiger partial charge in [-0.1, -0.05) is 54.5 Å². The van der Waals surface area contributed by atoms with Crippen molar-refractivity contribution in [1.29, 1.82) is 0 Å². The van der Waals surface area contributed by atoms with Gasteiger partial charge >= 0.3 is 24.4 Å². The Labute approximate surface area is 235 Å². The quantitative estimate of drug-likeness (QED) is 0.200. The summed E-state index contributed by atoms with van der Waals surface area (Å²) in [6.45, 7) is 13.3. The van der Waals surface area contributed by atoms with Crippen molar-refractivity contribution in [3.05, 3.63) is 23.8 Å². The molecule has 2 N–H and O–H groups in total. The Kier molecular flexibility index (Phi) is 13.2. The highest BCUT2D eigenvalue weighted by molar-refractivity contribution is 5.81. The second-order valence-electron chi connectivity index (χ2n) is 11.7. The molecule has 12 nitrogen and oxygen atoms in total. The maximum absolute atomic E-state index is 12.6. The average molecular weight is 570 g/mol. The molecule has 0 bridgehead atoms. The third-order valence-electron chi connectivity index (χ3n) is 4.94. The molecule has 1 aromatic rings. The highest BCUT2D eigenvalue weighted by atomic mass is 16.7. The van der Waals surface area contributed by atoms with Crippen LogP contribution in [0.2, 0.25) is 0 Å². The van der Waals surface area contributed by atoms with Crippen LogP contribution in [0, 0.1) is 10.8 Å². The fourth-order valence-corrected chi connectivity index (χ4v) is 2.99. The molecule has 0 unspecified atom stereocenters. The molecule has 1 aromatic carbocycles. The standard InChI is InChI=1S/C28H43NO11/c1-9-13-35-23(31)36-14-12-28(29,22(30)34-8)16-19-10-11-20(39-24(32)37-17-26(2,3)4)21(15-19)40-25(33)38-18-27(5,6)7/h10-11,15H,9,12-14,16-18,29H2,1-8H3/t28-/m1/s1. The molecule has 0 saturated carbocycles. The zero-order chi connectivity index (χ0) is 30.6. The van der Waals surface area contributed by atoms with Crippen LogP contribution in [-0.2, 0) is 34.9 Å². The van der Waals surface area contributed by atoms with Crippen LogP contribution in [0.5, 0.6) is 11.5 Å². The van der Waals surface area contributed by atoms with E-state index in [-0.39, 0.29) is 61.6 Å². The normalized spacial score (nSPS) is 12.9. The Morgan fingerprint density at radius 2 is 1.27 bits per heavy atom. The molecule has 0 aliphatic rings. The summed E-state index contributed by atoms with van der Waals surface area (Å²) in [4.78, 5) is 48.9. The minimum atomic E-state index is -1.61. The number of benzene rings is 1. The number of ether oxygens (including phenoxy) is 7. The van der Waals surface area contributed by atoms with E-state index in [4.69, 9.17) is 38.9 Å². The number of hydrogen-bond acceptors (Lipinski definition) is 12. The summed E-state index contributed by atoms with van der Waals surface area (Å²) in [5, 5.41) is 0. The lowest BCUT2D eigenvalue weighted by Crippen LogP contribution is -2.51. The van der Waals surface area contributed by atoms with E-state index in [1.54, 1.807) is 0 Å². The van der Waals surface area contributed by atoms with Gasteiger partial charge in [0.15, 0.2) is 11.5 Å². The van der Waals surface area contributed by atoms with Crippen LogP contribution in [0.1, 0.15) is 66.9 Å². The Bertz CT molecular complexity index is 1010. The zero-order valence-corrected chi connectivity index (χ0v) is 24.7. The summed E-state index contributed by atoms with van der Waals surface area (Å²) in [5.41, 5.74) is 4.57. The Morgan fingerprint density at radius 3 is 1.77 bits per heavy atom. The summed E-state index contributed by atoms with van der Waals surface area (Å²) in [6, 6.07) is 4.28.